The zero-order valence-electron chi connectivity index (χ0n) is 14.6. The number of carbonyl (C=O) groups is 1. The molecule has 1 saturated heterocycles. The van der Waals surface area contributed by atoms with Gasteiger partial charge >= 0.3 is 6.18 Å². The lowest BCUT2D eigenvalue weighted by atomic mass is 10.1. The van der Waals surface area contributed by atoms with Crippen molar-refractivity contribution in [1.29, 1.82) is 0 Å². The van der Waals surface area contributed by atoms with E-state index in [2.05, 4.69) is 0 Å². The summed E-state index contributed by atoms with van der Waals surface area (Å²) in [6.07, 6.45) is -4.60. The highest BCUT2D eigenvalue weighted by Crippen LogP contribution is 2.21. The fraction of sp³-hybridized carbons (Fsp3) is 0.444. The van der Waals surface area contributed by atoms with E-state index in [1.807, 2.05) is 11.9 Å². The first-order valence-electron chi connectivity index (χ1n) is 8.34. The van der Waals surface area contributed by atoms with E-state index in [1.54, 1.807) is 25.1 Å². The number of piperazine rings is 1. The SMILES string of the molecule is Cc1ccc2cc(C(=O)N3CCN(C)CC3)n(CC(F)(F)F)c(=O)c2c1. The summed E-state index contributed by atoms with van der Waals surface area (Å²) in [7, 11) is 1.92. The second-order valence-corrected chi connectivity index (χ2v) is 6.72. The van der Waals surface area contributed by atoms with Gasteiger partial charge in [-0.25, -0.2) is 0 Å². The van der Waals surface area contributed by atoms with Gasteiger partial charge in [-0.1, -0.05) is 17.7 Å². The van der Waals surface area contributed by atoms with Crippen molar-refractivity contribution >= 4 is 16.7 Å². The van der Waals surface area contributed by atoms with E-state index in [4.69, 9.17) is 0 Å². The van der Waals surface area contributed by atoms with Crippen LogP contribution in [0.2, 0.25) is 0 Å². The summed E-state index contributed by atoms with van der Waals surface area (Å²) in [5.41, 5.74) is -0.236. The Morgan fingerprint density at radius 3 is 2.38 bits per heavy atom. The molecule has 0 aliphatic carbocycles. The smallest absolute Gasteiger partial charge is 0.335 e. The van der Waals surface area contributed by atoms with Crippen molar-refractivity contribution in [1.82, 2.24) is 14.4 Å². The first kappa shape index (κ1) is 18.4. The van der Waals surface area contributed by atoms with E-state index in [0.717, 1.165) is 5.56 Å². The molecule has 1 aliphatic rings. The Balaban J connectivity index is 2.13. The molecule has 26 heavy (non-hydrogen) atoms. The molecule has 0 saturated carbocycles. The second kappa shape index (κ2) is 6.75. The van der Waals surface area contributed by atoms with E-state index in [-0.39, 0.29) is 11.1 Å². The average Bonchev–Trinajstić information content (AvgIpc) is 2.57. The molecule has 8 heteroatoms. The van der Waals surface area contributed by atoms with Crippen LogP contribution in [0, 0.1) is 6.92 Å². The molecule has 1 amide bonds. The lowest BCUT2D eigenvalue weighted by Crippen LogP contribution is -2.48. The Bertz CT molecular complexity index is 897. The van der Waals surface area contributed by atoms with Crippen LogP contribution in [0.5, 0.6) is 0 Å². The van der Waals surface area contributed by atoms with E-state index >= 15 is 0 Å². The normalized spacial score (nSPS) is 16.3. The number of hydrogen-bond acceptors (Lipinski definition) is 3. The van der Waals surface area contributed by atoms with E-state index in [9.17, 15) is 22.8 Å². The van der Waals surface area contributed by atoms with Crippen molar-refractivity contribution in [3.05, 3.63) is 45.9 Å². The Hall–Kier alpha value is -2.35. The highest BCUT2D eigenvalue weighted by atomic mass is 19.4. The van der Waals surface area contributed by atoms with Gasteiger partial charge in [0.25, 0.3) is 11.5 Å². The number of hydrogen-bond donors (Lipinski definition) is 0. The number of halogens is 3. The molecule has 0 N–H and O–H groups in total. The van der Waals surface area contributed by atoms with Crippen molar-refractivity contribution in [2.24, 2.45) is 0 Å². The molecule has 2 aromatic rings. The summed E-state index contributed by atoms with van der Waals surface area (Å²) in [4.78, 5) is 29.1. The number of amides is 1. The zero-order valence-corrected chi connectivity index (χ0v) is 14.6. The molecule has 1 aliphatic heterocycles. The number of alkyl halides is 3. The molecule has 5 nitrogen and oxygen atoms in total. The molecular formula is C18H20F3N3O2. The maximum Gasteiger partial charge on any atom is 0.406 e. The number of fused-ring (bicyclic) bond motifs is 1. The van der Waals surface area contributed by atoms with Gasteiger partial charge in [0.2, 0.25) is 0 Å². The molecule has 0 unspecified atom stereocenters. The van der Waals surface area contributed by atoms with Gasteiger partial charge < -0.3 is 9.80 Å². The molecule has 0 atom stereocenters. The number of carbonyl (C=O) groups excluding carboxylic acids is 1. The van der Waals surface area contributed by atoms with Crippen molar-refractivity contribution in [2.75, 3.05) is 33.2 Å². The standard InChI is InChI=1S/C18H20F3N3O2/c1-12-3-4-13-10-15(17(26)23-7-5-22(2)6-8-23)24(11-18(19,20)21)16(25)14(13)9-12/h3-4,9-10H,5-8,11H2,1-2H3. The van der Waals surface area contributed by atoms with E-state index < -0.39 is 24.2 Å². The fourth-order valence-corrected chi connectivity index (χ4v) is 3.15. The topological polar surface area (TPSA) is 45.6 Å². The first-order chi connectivity index (χ1) is 12.2. The molecule has 1 aromatic carbocycles. The quantitative estimate of drug-likeness (QED) is 0.818. The number of nitrogens with zero attached hydrogens (tertiary/aromatic N) is 3. The van der Waals surface area contributed by atoms with Crippen LogP contribution in [0.25, 0.3) is 10.8 Å². The fourth-order valence-electron chi connectivity index (χ4n) is 3.15. The van der Waals surface area contributed by atoms with Crippen LogP contribution < -0.4 is 5.56 Å². The number of likely N-dealkylation sites (N-methyl/N-ethyl adjacent to an activating group) is 1. The molecule has 3 rings (SSSR count). The van der Waals surface area contributed by atoms with Crippen molar-refractivity contribution in [3.8, 4) is 0 Å². The lowest BCUT2D eigenvalue weighted by molar-refractivity contribution is -0.141. The molecule has 0 spiro atoms. The summed E-state index contributed by atoms with van der Waals surface area (Å²) in [5.74, 6) is -0.540. The molecular weight excluding hydrogens is 347 g/mol. The highest BCUT2D eigenvalue weighted by Gasteiger charge is 2.32. The third kappa shape index (κ3) is 3.75. The van der Waals surface area contributed by atoms with E-state index in [1.165, 1.54) is 11.0 Å². The number of rotatable bonds is 2. The highest BCUT2D eigenvalue weighted by molar-refractivity contribution is 5.97. The molecule has 0 bridgehead atoms. The van der Waals surface area contributed by atoms with Gasteiger partial charge in [0, 0.05) is 31.6 Å². The van der Waals surface area contributed by atoms with Gasteiger partial charge in [-0.05, 0) is 31.5 Å². The van der Waals surface area contributed by atoms with Crippen LogP contribution in [0.3, 0.4) is 0 Å². The van der Waals surface area contributed by atoms with Crippen LogP contribution in [-0.2, 0) is 6.54 Å². The minimum atomic E-state index is -4.60. The van der Waals surface area contributed by atoms with Gasteiger partial charge in [-0.3, -0.25) is 14.2 Å². The summed E-state index contributed by atoms with van der Waals surface area (Å²) in [5, 5.41) is 0.653. The average molecular weight is 367 g/mol. The Labute approximate surface area is 148 Å². The second-order valence-electron chi connectivity index (χ2n) is 6.72. The Morgan fingerprint density at radius 1 is 1.12 bits per heavy atom. The summed E-state index contributed by atoms with van der Waals surface area (Å²) in [6.45, 7) is 2.40. The van der Waals surface area contributed by atoms with Crippen LogP contribution in [0.15, 0.2) is 29.1 Å². The van der Waals surface area contributed by atoms with Crippen LogP contribution in [-0.4, -0.2) is 59.7 Å². The van der Waals surface area contributed by atoms with Gasteiger partial charge in [-0.15, -0.1) is 0 Å². The predicted octanol–water partition coefficient (Wildman–Crippen LogP) is 2.26. The van der Waals surface area contributed by atoms with Gasteiger partial charge in [-0.2, -0.15) is 13.2 Å². The molecule has 1 fully saturated rings. The van der Waals surface area contributed by atoms with Crippen LogP contribution >= 0.6 is 0 Å². The zero-order chi connectivity index (χ0) is 19.1. The molecule has 0 radical (unpaired) electrons. The molecule has 140 valence electrons. The molecule has 1 aromatic heterocycles. The van der Waals surface area contributed by atoms with E-state index in [0.29, 0.717) is 36.1 Å². The lowest BCUT2D eigenvalue weighted by Gasteiger charge is -2.33. The molecule has 2 heterocycles. The summed E-state index contributed by atoms with van der Waals surface area (Å²) < 4.78 is 39.7. The minimum Gasteiger partial charge on any atom is -0.335 e. The van der Waals surface area contributed by atoms with Gasteiger partial charge in [0.15, 0.2) is 0 Å². The monoisotopic (exact) mass is 367 g/mol. The number of aryl methyl sites for hydroxylation is 1. The van der Waals surface area contributed by atoms with Gasteiger partial charge in [0.05, 0.1) is 0 Å². The minimum absolute atomic E-state index is 0.184. The van der Waals surface area contributed by atoms with Crippen molar-refractivity contribution in [2.45, 2.75) is 19.6 Å². The third-order valence-corrected chi connectivity index (χ3v) is 4.61. The van der Waals surface area contributed by atoms with Gasteiger partial charge in [0.1, 0.15) is 12.2 Å². The first-order valence-corrected chi connectivity index (χ1v) is 8.34. The summed E-state index contributed by atoms with van der Waals surface area (Å²) >= 11 is 0. The van der Waals surface area contributed by atoms with Crippen molar-refractivity contribution < 1.29 is 18.0 Å². The largest absolute Gasteiger partial charge is 0.406 e. The summed E-state index contributed by atoms with van der Waals surface area (Å²) in [6, 6.07) is 6.36. The number of pyridine rings is 1. The van der Waals surface area contributed by atoms with Crippen LogP contribution in [0.4, 0.5) is 13.2 Å². The number of aromatic nitrogens is 1. The Kier molecular flexibility index (Phi) is 4.79. The predicted molar refractivity (Wildman–Crippen MR) is 92.4 cm³/mol. The maximum atomic E-state index is 13.0. The third-order valence-electron chi connectivity index (χ3n) is 4.61. The van der Waals surface area contributed by atoms with Crippen molar-refractivity contribution in [3.63, 3.8) is 0 Å². The van der Waals surface area contributed by atoms with Crippen LogP contribution in [0.1, 0.15) is 16.1 Å². The Morgan fingerprint density at radius 2 is 1.77 bits per heavy atom. The maximum absolute atomic E-state index is 13.0. The number of benzene rings is 1.